The van der Waals surface area contributed by atoms with E-state index >= 15 is 0 Å². The number of imide groups is 1. The Bertz CT molecular complexity index is 533. The van der Waals surface area contributed by atoms with Crippen LogP contribution in [0.25, 0.3) is 0 Å². The van der Waals surface area contributed by atoms with Gasteiger partial charge >= 0.3 is 0 Å². The number of benzene rings is 1. The molecule has 1 aromatic rings. The van der Waals surface area contributed by atoms with Gasteiger partial charge in [0.1, 0.15) is 11.6 Å². The highest BCUT2D eigenvalue weighted by Crippen LogP contribution is 2.22. The highest BCUT2D eigenvalue weighted by molar-refractivity contribution is 6.00. The average Bonchev–Trinajstić information content (AvgIpc) is 2.41. The average molecular weight is 280 g/mol. The second-order valence-electron chi connectivity index (χ2n) is 4.78. The summed E-state index contributed by atoms with van der Waals surface area (Å²) < 4.78 is 18.9. The number of piperidine rings is 1. The molecular formula is C14H17FN2O3. The Labute approximate surface area is 116 Å². The number of hydrogen-bond donors (Lipinski definition) is 2. The molecule has 108 valence electrons. The number of halogens is 1. The second-order valence-corrected chi connectivity index (χ2v) is 4.78. The molecule has 6 heteroatoms. The van der Waals surface area contributed by atoms with Crippen LogP contribution >= 0.6 is 0 Å². The van der Waals surface area contributed by atoms with Gasteiger partial charge in [-0.3, -0.25) is 20.2 Å². The fourth-order valence-corrected chi connectivity index (χ4v) is 2.23. The maximum Gasteiger partial charge on any atom is 0.243 e. The predicted molar refractivity (Wildman–Crippen MR) is 70.7 cm³/mol. The molecule has 1 heterocycles. The van der Waals surface area contributed by atoms with Crippen molar-refractivity contribution in [2.24, 2.45) is 0 Å². The lowest BCUT2D eigenvalue weighted by Gasteiger charge is -2.26. The molecule has 0 spiro atoms. The third-order valence-electron chi connectivity index (χ3n) is 3.36. The van der Waals surface area contributed by atoms with Crippen molar-refractivity contribution in [1.29, 1.82) is 0 Å². The largest absolute Gasteiger partial charge is 0.497 e. The van der Waals surface area contributed by atoms with E-state index in [0.29, 0.717) is 24.2 Å². The molecule has 0 aliphatic carbocycles. The molecule has 5 nitrogen and oxygen atoms in total. The maximum absolute atomic E-state index is 13.9. The molecule has 2 unspecified atom stereocenters. The molecule has 1 aliphatic heterocycles. The van der Waals surface area contributed by atoms with Crippen molar-refractivity contribution in [3.63, 3.8) is 0 Å². The quantitative estimate of drug-likeness (QED) is 0.816. The van der Waals surface area contributed by atoms with Crippen molar-refractivity contribution in [2.45, 2.75) is 31.8 Å². The molecule has 0 bridgehead atoms. The highest BCUT2D eigenvalue weighted by atomic mass is 19.1. The topological polar surface area (TPSA) is 67.4 Å². The summed E-state index contributed by atoms with van der Waals surface area (Å²) in [6.07, 6.45) is 0.716. The molecule has 2 rings (SSSR count). The summed E-state index contributed by atoms with van der Waals surface area (Å²) in [7, 11) is 1.47. The molecule has 1 fully saturated rings. The van der Waals surface area contributed by atoms with E-state index in [-0.39, 0.29) is 17.9 Å². The lowest BCUT2D eigenvalue weighted by atomic mass is 10.0. The second kappa shape index (κ2) is 6.00. The van der Waals surface area contributed by atoms with Crippen LogP contribution < -0.4 is 15.4 Å². The van der Waals surface area contributed by atoms with Crippen molar-refractivity contribution >= 4 is 11.8 Å². The van der Waals surface area contributed by atoms with Gasteiger partial charge in [0.25, 0.3) is 0 Å². The van der Waals surface area contributed by atoms with Gasteiger partial charge in [-0.2, -0.15) is 0 Å². The number of ether oxygens (including phenoxy) is 1. The van der Waals surface area contributed by atoms with Crippen molar-refractivity contribution in [2.75, 3.05) is 7.11 Å². The Morgan fingerprint density at radius 1 is 1.45 bits per heavy atom. The number of carbonyl (C=O) groups is 2. The molecule has 1 aromatic carbocycles. The summed E-state index contributed by atoms with van der Waals surface area (Å²) in [6.45, 7) is 1.77. The molecule has 2 atom stereocenters. The van der Waals surface area contributed by atoms with Crippen molar-refractivity contribution < 1.29 is 18.7 Å². The molecule has 0 radical (unpaired) electrons. The van der Waals surface area contributed by atoms with Gasteiger partial charge in [0.15, 0.2) is 0 Å². The normalized spacial score (nSPS) is 20.4. The number of methoxy groups -OCH3 is 1. The van der Waals surface area contributed by atoms with Crippen LogP contribution in [-0.4, -0.2) is 25.0 Å². The van der Waals surface area contributed by atoms with Crippen molar-refractivity contribution in [3.8, 4) is 5.75 Å². The van der Waals surface area contributed by atoms with Gasteiger partial charge in [0.05, 0.1) is 13.2 Å². The summed E-state index contributed by atoms with van der Waals surface area (Å²) in [6, 6.07) is 3.77. The lowest BCUT2D eigenvalue weighted by molar-refractivity contribution is -0.134. The summed E-state index contributed by atoms with van der Waals surface area (Å²) in [5.41, 5.74) is 0.454. The first kappa shape index (κ1) is 14.5. The zero-order valence-corrected chi connectivity index (χ0v) is 11.4. The zero-order chi connectivity index (χ0) is 14.7. The molecular weight excluding hydrogens is 263 g/mol. The first-order valence-electron chi connectivity index (χ1n) is 6.44. The van der Waals surface area contributed by atoms with Crippen molar-refractivity contribution in [3.05, 3.63) is 29.6 Å². The molecule has 0 saturated carbocycles. The van der Waals surface area contributed by atoms with Crippen LogP contribution in [0.15, 0.2) is 18.2 Å². The van der Waals surface area contributed by atoms with E-state index in [0.717, 1.165) is 0 Å². The number of rotatable bonds is 4. The smallest absolute Gasteiger partial charge is 0.243 e. The van der Waals surface area contributed by atoms with Crippen LogP contribution in [0.2, 0.25) is 0 Å². The third-order valence-corrected chi connectivity index (χ3v) is 3.36. The van der Waals surface area contributed by atoms with Gasteiger partial charge in [-0.25, -0.2) is 4.39 Å². The Kier molecular flexibility index (Phi) is 4.34. The third kappa shape index (κ3) is 3.14. The van der Waals surface area contributed by atoms with E-state index in [1.807, 2.05) is 0 Å². The maximum atomic E-state index is 13.9. The van der Waals surface area contributed by atoms with Gasteiger partial charge < -0.3 is 4.74 Å². The van der Waals surface area contributed by atoms with Crippen LogP contribution in [0.1, 0.15) is 31.4 Å². The van der Waals surface area contributed by atoms with Crippen LogP contribution in [-0.2, 0) is 9.59 Å². The minimum atomic E-state index is -0.482. The van der Waals surface area contributed by atoms with Crippen LogP contribution in [0.5, 0.6) is 5.75 Å². The van der Waals surface area contributed by atoms with E-state index < -0.39 is 11.9 Å². The molecule has 2 N–H and O–H groups in total. The minimum Gasteiger partial charge on any atom is -0.497 e. The number of nitrogens with one attached hydrogen (secondary N) is 2. The van der Waals surface area contributed by atoms with Crippen LogP contribution in [0.4, 0.5) is 4.39 Å². The van der Waals surface area contributed by atoms with E-state index in [2.05, 4.69) is 10.6 Å². The molecule has 1 aliphatic rings. The summed E-state index contributed by atoms with van der Waals surface area (Å²) >= 11 is 0. The number of carbonyl (C=O) groups excluding carboxylic acids is 2. The molecule has 20 heavy (non-hydrogen) atoms. The van der Waals surface area contributed by atoms with E-state index in [4.69, 9.17) is 4.74 Å². The van der Waals surface area contributed by atoms with Gasteiger partial charge in [-0.1, -0.05) is 6.07 Å². The monoisotopic (exact) mass is 280 g/mol. The molecule has 1 saturated heterocycles. The summed E-state index contributed by atoms with van der Waals surface area (Å²) in [4.78, 5) is 22.7. The number of hydrogen-bond acceptors (Lipinski definition) is 4. The highest BCUT2D eigenvalue weighted by Gasteiger charge is 2.28. The fraction of sp³-hybridized carbons (Fsp3) is 0.429. The van der Waals surface area contributed by atoms with E-state index in [1.54, 1.807) is 19.1 Å². The minimum absolute atomic E-state index is 0.267. The first-order valence-corrected chi connectivity index (χ1v) is 6.44. The molecule has 2 amide bonds. The van der Waals surface area contributed by atoms with Crippen molar-refractivity contribution in [1.82, 2.24) is 10.6 Å². The Morgan fingerprint density at radius 2 is 2.20 bits per heavy atom. The molecule has 0 aromatic heterocycles. The Hall–Kier alpha value is -1.95. The summed E-state index contributed by atoms with van der Waals surface area (Å²) in [5.74, 6) is -0.575. The lowest BCUT2D eigenvalue weighted by Crippen LogP contribution is -2.51. The standard InChI is InChI=1S/C14H17FN2O3/c1-8(10-4-3-9(20-2)7-11(10)15)16-12-5-6-13(18)17-14(12)19/h3-4,7-8,12,16H,5-6H2,1-2H3,(H,17,18,19). The fourth-order valence-electron chi connectivity index (χ4n) is 2.23. The zero-order valence-electron chi connectivity index (χ0n) is 11.4. The SMILES string of the molecule is COc1ccc(C(C)NC2CCC(=O)NC2=O)c(F)c1. The predicted octanol–water partition coefficient (Wildman–Crippen LogP) is 1.29. The van der Waals surface area contributed by atoms with Crippen LogP contribution in [0, 0.1) is 5.82 Å². The van der Waals surface area contributed by atoms with Gasteiger partial charge in [-0.15, -0.1) is 0 Å². The van der Waals surface area contributed by atoms with Gasteiger partial charge in [0.2, 0.25) is 11.8 Å². The van der Waals surface area contributed by atoms with Crippen LogP contribution in [0.3, 0.4) is 0 Å². The van der Waals surface area contributed by atoms with Gasteiger partial charge in [-0.05, 0) is 19.4 Å². The summed E-state index contributed by atoms with van der Waals surface area (Å²) in [5, 5.41) is 5.30. The van der Waals surface area contributed by atoms with E-state index in [1.165, 1.54) is 13.2 Å². The van der Waals surface area contributed by atoms with Gasteiger partial charge in [0, 0.05) is 24.1 Å². The number of amides is 2. The Morgan fingerprint density at radius 3 is 2.80 bits per heavy atom. The van der Waals surface area contributed by atoms with E-state index in [9.17, 15) is 14.0 Å². The first-order chi connectivity index (χ1) is 9.51. The Balaban J connectivity index is 2.06.